The first-order valence-corrected chi connectivity index (χ1v) is 23.2. The maximum absolute atomic E-state index is 13.2. The van der Waals surface area contributed by atoms with Crippen LogP contribution in [-0.4, -0.2) is 124 Å². The number of benzene rings is 3. The van der Waals surface area contributed by atoms with E-state index in [2.05, 4.69) is 42.1 Å². The number of ether oxygens (including phenoxy) is 1. The summed E-state index contributed by atoms with van der Waals surface area (Å²) in [7, 11) is 0. The van der Waals surface area contributed by atoms with E-state index in [4.69, 9.17) is 15.6 Å². The number of nitrogens with two attached hydrogens (primary N) is 1. The number of fused-ring (bicyclic) bond motifs is 2. The van der Waals surface area contributed by atoms with Gasteiger partial charge in [-0.15, -0.1) is 0 Å². The Hall–Kier alpha value is -5.57. The van der Waals surface area contributed by atoms with E-state index in [1.54, 1.807) is 4.90 Å². The van der Waals surface area contributed by atoms with Gasteiger partial charge in [-0.05, 0) is 156 Å². The van der Waals surface area contributed by atoms with Crippen LogP contribution < -0.4 is 21.1 Å². The third kappa shape index (κ3) is 8.60. The number of anilines is 1. The van der Waals surface area contributed by atoms with E-state index in [-0.39, 0.29) is 30.2 Å². The number of likely N-dealkylation sites (tertiary alicyclic amines) is 3. The fourth-order valence-electron chi connectivity index (χ4n) is 11.3. The Morgan fingerprint density at radius 3 is 2.17 bits per heavy atom. The highest BCUT2D eigenvalue weighted by atomic mass is 16.5. The lowest BCUT2D eigenvalue weighted by Crippen LogP contribution is -2.52. The van der Waals surface area contributed by atoms with Crippen LogP contribution in [-0.2, 0) is 16.1 Å². The summed E-state index contributed by atoms with van der Waals surface area (Å²) in [6.45, 7) is 10.1. The second kappa shape index (κ2) is 17.9. The zero-order valence-electron chi connectivity index (χ0n) is 36.1. The molecule has 4 amide bonds. The molecule has 63 heavy (non-hydrogen) atoms. The third-order valence-electron chi connectivity index (χ3n) is 14.8. The van der Waals surface area contributed by atoms with Gasteiger partial charge in [-0.1, -0.05) is 30.3 Å². The zero-order chi connectivity index (χ0) is 43.0. The SMILES string of the molecule is NC(=O)c1c(-c2ccc(Oc3ccccc3)cc2)nn2c1NCC[C@H]2C1CCN(C2CCN(CCN3CCC(c4ccc5c(c4)CN(C4CCC(=O)NC4=O)C5=O)CC3)CC2)CC1. The maximum Gasteiger partial charge on any atom is 0.255 e. The summed E-state index contributed by atoms with van der Waals surface area (Å²) in [6, 6.07) is 23.9. The predicted molar refractivity (Wildman–Crippen MR) is 240 cm³/mol. The molecule has 0 aliphatic carbocycles. The van der Waals surface area contributed by atoms with E-state index in [0.29, 0.717) is 53.4 Å². The monoisotopic (exact) mass is 853 g/mol. The van der Waals surface area contributed by atoms with Crippen LogP contribution in [0.5, 0.6) is 11.5 Å². The summed E-state index contributed by atoms with van der Waals surface area (Å²) < 4.78 is 8.08. The molecule has 4 aromatic rings. The van der Waals surface area contributed by atoms with Crippen molar-refractivity contribution in [2.45, 2.75) is 88.4 Å². The second-order valence-corrected chi connectivity index (χ2v) is 18.5. The van der Waals surface area contributed by atoms with Gasteiger partial charge in [-0.25, -0.2) is 4.68 Å². The van der Waals surface area contributed by atoms with Crippen molar-refractivity contribution in [1.82, 2.24) is 34.7 Å². The average molecular weight is 854 g/mol. The highest BCUT2D eigenvalue weighted by Gasteiger charge is 2.40. The Kier molecular flexibility index (Phi) is 11.8. The molecule has 3 aromatic carbocycles. The standard InChI is InChI=1S/C49H59N9O5/c50-46(60)44-45(34-6-9-39(10-7-34)63-38-4-2-1-3-5-38)53-58-41(14-21-51-47(44)58)33-17-26-56(27-18-33)37-19-24-55(25-20-37)29-28-54-22-15-32(16-23-54)35-8-11-40-36(30-35)31-57(49(40)62)42-12-13-43(59)52-48(42)61/h1-11,30,32-33,37,41-42,51H,12-29,31H2,(H2,50,60)(H,52,59,61)/t41-,42?/m0/s1. The highest BCUT2D eigenvalue weighted by Crippen LogP contribution is 2.41. The quantitative estimate of drug-likeness (QED) is 0.162. The number of amides is 4. The molecule has 2 atom stereocenters. The first-order valence-electron chi connectivity index (χ1n) is 23.2. The van der Waals surface area contributed by atoms with Crippen molar-refractivity contribution < 1.29 is 23.9 Å². The van der Waals surface area contributed by atoms with Gasteiger partial charge in [0.1, 0.15) is 34.6 Å². The molecule has 4 saturated heterocycles. The number of carbonyl (C=O) groups excluding carboxylic acids is 4. The largest absolute Gasteiger partial charge is 0.457 e. The molecule has 330 valence electrons. The lowest BCUT2D eigenvalue weighted by atomic mass is 9.85. The predicted octanol–water partition coefficient (Wildman–Crippen LogP) is 5.62. The van der Waals surface area contributed by atoms with Gasteiger partial charge in [-0.3, -0.25) is 24.5 Å². The number of nitrogens with zero attached hydrogens (tertiary/aromatic N) is 6. The first kappa shape index (κ1) is 41.4. The van der Waals surface area contributed by atoms with Crippen molar-refractivity contribution >= 4 is 29.4 Å². The normalized spacial score (nSPS) is 23.3. The van der Waals surface area contributed by atoms with Crippen molar-refractivity contribution in [2.24, 2.45) is 11.7 Å². The zero-order valence-corrected chi connectivity index (χ0v) is 36.1. The molecule has 0 saturated carbocycles. The van der Waals surface area contributed by atoms with Crippen LogP contribution in [0.2, 0.25) is 0 Å². The molecule has 4 N–H and O–H groups in total. The van der Waals surface area contributed by atoms with Gasteiger partial charge in [0.15, 0.2) is 0 Å². The van der Waals surface area contributed by atoms with Crippen molar-refractivity contribution in [3.63, 3.8) is 0 Å². The highest BCUT2D eigenvalue weighted by molar-refractivity contribution is 6.05. The molecule has 6 aliphatic rings. The minimum atomic E-state index is -0.579. The maximum atomic E-state index is 13.2. The summed E-state index contributed by atoms with van der Waals surface area (Å²) in [5.41, 5.74) is 10.9. The Bertz CT molecular complexity index is 2330. The fourth-order valence-corrected chi connectivity index (χ4v) is 11.3. The van der Waals surface area contributed by atoms with Crippen molar-refractivity contribution in [3.8, 4) is 22.8 Å². The number of hydrogen-bond donors (Lipinski definition) is 3. The first-order chi connectivity index (χ1) is 30.8. The molecule has 1 unspecified atom stereocenters. The Labute approximate surface area is 369 Å². The van der Waals surface area contributed by atoms with Crippen LogP contribution in [0.15, 0.2) is 72.8 Å². The van der Waals surface area contributed by atoms with Crippen LogP contribution in [0.4, 0.5) is 5.82 Å². The third-order valence-corrected chi connectivity index (χ3v) is 14.8. The Balaban J connectivity index is 0.673. The van der Waals surface area contributed by atoms with E-state index in [9.17, 15) is 19.2 Å². The molecule has 10 rings (SSSR count). The van der Waals surface area contributed by atoms with E-state index in [0.717, 1.165) is 114 Å². The average Bonchev–Trinajstić information content (AvgIpc) is 3.87. The molecule has 14 nitrogen and oxygen atoms in total. The van der Waals surface area contributed by atoms with E-state index < -0.39 is 11.9 Å². The van der Waals surface area contributed by atoms with Gasteiger partial charge in [0.05, 0.1) is 6.04 Å². The number of para-hydroxylation sites is 1. The van der Waals surface area contributed by atoms with Gasteiger partial charge < -0.3 is 35.4 Å². The fraction of sp³-hybridized carbons (Fsp3) is 0.490. The van der Waals surface area contributed by atoms with E-state index in [1.165, 1.54) is 18.4 Å². The summed E-state index contributed by atoms with van der Waals surface area (Å²) in [5.74, 6) is 1.99. The van der Waals surface area contributed by atoms with Crippen molar-refractivity contribution in [2.75, 3.05) is 64.2 Å². The summed E-state index contributed by atoms with van der Waals surface area (Å²) in [4.78, 5) is 59.9. The molecular formula is C49H59N9O5. The molecule has 1 aromatic heterocycles. The number of carbonyl (C=O) groups is 4. The molecular weight excluding hydrogens is 795 g/mol. The topological polar surface area (TPSA) is 158 Å². The summed E-state index contributed by atoms with van der Waals surface area (Å²) in [5, 5.41) is 11.0. The number of nitrogens with one attached hydrogen (secondary N) is 2. The molecule has 7 heterocycles. The van der Waals surface area contributed by atoms with Gasteiger partial charge in [-0.2, -0.15) is 5.10 Å². The minimum absolute atomic E-state index is 0.109. The Morgan fingerprint density at radius 2 is 1.48 bits per heavy atom. The van der Waals surface area contributed by atoms with Crippen LogP contribution in [0.25, 0.3) is 11.3 Å². The van der Waals surface area contributed by atoms with Gasteiger partial charge in [0.2, 0.25) is 11.8 Å². The number of piperidine rings is 4. The molecule has 0 bridgehead atoms. The molecule has 14 heteroatoms. The summed E-state index contributed by atoms with van der Waals surface area (Å²) >= 11 is 0. The van der Waals surface area contributed by atoms with Crippen LogP contribution >= 0.6 is 0 Å². The second-order valence-electron chi connectivity index (χ2n) is 18.5. The molecule has 0 spiro atoms. The number of rotatable bonds is 11. The van der Waals surface area contributed by atoms with Crippen molar-refractivity contribution in [1.29, 1.82) is 0 Å². The van der Waals surface area contributed by atoms with Crippen LogP contribution in [0, 0.1) is 5.92 Å². The van der Waals surface area contributed by atoms with Crippen molar-refractivity contribution in [3.05, 3.63) is 95.1 Å². The van der Waals surface area contributed by atoms with Gasteiger partial charge in [0.25, 0.3) is 11.8 Å². The number of imide groups is 1. The summed E-state index contributed by atoms with van der Waals surface area (Å²) in [6.07, 6.45) is 8.50. The number of aromatic nitrogens is 2. The van der Waals surface area contributed by atoms with E-state index in [1.807, 2.05) is 60.7 Å². The smallest absolute Gasteiger partial charge is 0.255 e. The Morgan fingerprint density at radius 1 is 0.778 bits per heavy atom. The van der Waals surface area contributed by atoms with E-state index >= 15 is 0 Å². The van der Waals surface area contributed by atoms with Gasteiger partial charge >= 0.3 is 0 Å². The van der Waals surface area contributed by atoms with Gasteiger partial charge in [0, 0.05) is 49.8 Å². The van der Waals surface area contributed by atoms with Crippen LogP contribution in [0.1, 0.15) is 102 Å². The van der Waals surface area contributed by atoms with Crippen LogP contribution in [0.3, 0.4) is 0 Å². The number of hydrogen-bond acceptors (Lipinski definition) is 10. The molecule has 6 aliphatic heterocycles. The lowest BCUT2D eigenvalue weighted by molar-refractivity contribution is -0.136. The lowest BCUT2D eigenvalue weighted by Gasteiger charge is -2.44. The number of primary amides is 1. The minimum Gasteiger partial charge on any atom is -0.457 e. The molecule has 4 fully saturated rings. The molecule has 0 radical (unpaired) electrons.